The van der Waals surface area contributed by atoms with Crippen molar-refractivity contribution in [3.05, 3.63) is 16.7 Å². The molecule has 14 nitrogen and oxygen atoms in total. The topological polar surface area (TPSA) is 212 Å². The number of nitrogens with one attached hydrogen (secondary N) is 1. The molecule has 1 fully saturated rings. The molecule has 0 saturated carbocycles. The standard InChI is InChI=1S/C18H31N5O9P2/c1-17(2,3)34(28,29)30-7-9-12(32-18(4,5)33(6,26)27)11(24)15(31-9)23-8-20-10-13(23)21-16(19)22-14(10)25/h8-9,11-12,15,24H,7H2,1-6H3,(H,26,27)(H,28,29)(H3,19,21,22,25)/t9-,11?,12?,15-/m1/s1. The molecule has 0 spiro atoms. The van der Waals surface area contributed by atoms with E-state index in [2.05, 4.69) is 15.0 Å². The highest BCUT2D eigenvalue weighted by Crippen LogP contribution is 2.56. The maximum atomic E-state index is 12.6. The lowest BCUT2D eigenvalue weighted by Gasteiger charge is -2.34. The van der Waals surface area contributed by atoms with Gasteiger partial charge in [0.1, 0.15) is 23.7 Å². The summed E-state index contributed by atoms with van der Waals surface area (Å²) in [7, 11) is -7.92. The van der Waals surface area contributed by atoms with Gasteiger partial charge in [0, 0.05) is 6.66 Å². The second-order valence-corrected chi connectivity index (χ2v) is 15.2. The second-order valence-electron chi connectivity index (χ2n) is 9.73. The fourth-order valence-electron chi connectivity index (χ4n) is 3.16. The van der Waals surface area contributed by atoms with Crippen LogP contribution < -0.4 is 11.3 Å². The second kappa shape index (κ2) is 8.79. The molecule has 2 aromatic heterocycles. The molecule has 1 aliphatic heterocycles. The molecule has 0 radical (unpaired) electrons. The molecule has 2 aromatic rings. The van der Waals surface area contributed by atoms with Gasteiger partial charge in [0.15, 0.2) is 17.4 Å². The number of aliphatic hydroxyl groups is 1. The molecule has 0 amide bonds. The summed E-state index contributed by atoms with van der Waals surface area (Å²) in [4.78, 5) is 42.9. The quantitative estimate of drug-likeness (QED) is 0.321. The van der Waals surface area contributed by atoms with Gasteiger partial charge in [0.2, 0.25) is 13.3 Å². The SMILES string of the molecule is CC(C)(OC1C(O)[C@H](n2cnc3c(=O)[nH]c(N)nc32)O[C@@H]1COP(=O)(O)C(C)(C)C)P(C)(=O)O. The lowest BCUT2D eigenvalue weighted by Crippen LogP contribution is -2.42. The fourth-order valence-corrected chi connectivity index (χ4v) is 4.21. The van der Waals surface area contributed by atoms with Crippen LogP contribution in [0.3, 0.4) is 0 Å². The molecule has 6 atom stereocenters. The maximum Gasteiger partial charge on any atom is 0.333 e. The van der Waals surface area contributed by atoms with Gasteiger partial charge in [-0.15, -0.1) is 0 Å². The van der Waals surface area contributed by atoms with Gasteiger partial charge in [0.05, 0.1) is 18.1 Å². The Balaban J connectivity index is 1.99. The van der Waals surface area contributed by atoms with Crippen molar-refractivity contribution >= 4 is 32.1 Å². The number of anilines is 1. The van der Waals surface area contributed by atoms with Gasteiger partial charge in [-0.05, 0) is 34.6 Å². The van der Waals surface area contributed by atoms with Gasteiger partial charge < -0.3 is 34.6 Å². The molecule has 0 aromatic carbocycles. The van der Waals surface area contributed by atoms with Crippen LogP contribution in [0.15, 0.2) is 11.1 Å². The van der Waals surface area contributed by atoms with E-state index in [-0.39, 0.29) is 17.1 Å². The molecular formula is C18H31N5O9P2. The Morgan fingerprint density at radius 2 is 1.88 bits per heavy atom. The van der Waals surface area contributed by atoms with Gasteiger partial charge in [-0.1, -0.05) is 0 Å². The number of fused-ring (bicyclic) bond motifs is 1. The van der Waals surface area contributed by atoms with Crippen molar-refractivity contribution in [1.29, 1.82) is 0 Å². The third-order valence-electron chi connectivity index (χ3n) is 5.72. The number of hydrogen-bond donors (Lipinski definition) is 5. The predicted octanol–water partition coefficient (Wildman–Crippen LogP) is 0.982. The van der Waals surface area contributed by atoms with Gasteiger partial charge in [0.25, 0.3) is 5.56 Å². The molecule has 192 valence electrons. The number of nitrogen functional groups attached to an aromatic ring is 1. The van der Waals surface area contributed by atoms with Crippen LogP contribution in [-0.4, -0.2) is 76.5 Å². The summed E-state index contributed by atoms with van der Waals surface area (Å²) in [6.45, 7) is 8.00. The molecule has 0 aliphatic carbocycles. The number of aromatic amines is 1. The summed E-state index contributed by atoms with van der Waals surface area (Å²) in [6, 6.07) is 0. The van der Waals surface area contributed by atoms with Crippen LogP contribution >= 0.6 is 15.0 Å². The highest BCUT2D eigenvalue weighted by molar-refractivity contribution is 7.58. The highest BCUT2D eigenvalue weighted by Gasteiger charge is 2.51. The van der Waals surface area contributed by atoms with Crippen LogP contribution in [0.2, 0.25) is 0 Å². The molecule has 6 N–H and O–H groups in total. The zero-order chi connectivity index (χ0) is 25.9. The summed E-state index contributed by atoms with van der Waals surface area (Å²) in [5.74, 6) is -0.181. The van der Waals surface area contributed by atoms with E-state index < -0.39 is 62.2 Å². The molecule has 4 unspecified atom stereocenters. The Kier molecular flexibility index (Phi) is 6.97. The average Bonchev–Trinajstić information content (AvgIpc) is 3.20. The van der Waals surface area contributed by atoms with E-state index in [4.69, 9.17) is 19.7 Å². The van der Waals surface area contributed by atoms with Crippen LogP contribution in [0, 0.1) is 0 Å². The summed E-state index contributed by atoms with van der Waals surface area (Å²) in [5, 5.41) is 8.42. The van der Waals surface area contributed by atoms with Crippen molar-refractivity contribution in [2.75, 3.05) is 19.0 Å². The molecular weight excluding hydrogens is 492 g/mol. The number of nitrogens with two attached hydrogens (primary N) is 1. The van der Waals surface area contributed by atoms with E-state index in [1.165, 1.54) is 45.5 Å². The molecule has 3 rings (SSSR count). The summed E-state index contributed by atoms with van der Waals surface area (Å²) in [6.07, 6.45) is -3.86. The number of aromatic nitrogens is 4. The summed E-state index contributed by atoms with van der Waals surface area (Å²) < 4.78 is 43.3. The molecule has 34 heavy (non-hydrogen) atoms. The number of hydrogen-bond acceptors (Lipinski definition) is 10. The Bertz CT molecular complexity index is 1210. The maximum absolute atomic E-state index is 12.6. The minimum absolute atomic E-state index is 0.0238. The van der Waals surface area contributed by atoms with Crippen LogP contribution in [0.1, 0.15) is 40.8 Å². The normalized spacial score (nSPS) is 27.6. The van der Waals surface area contributed by atoms with Gasteiger partial charge in [-0.25, -0.2) is 4.98 Å². The van der Waals surface area contributed by atoms with Crippen LogP contribution in [0.5, 0.6) is 0 Å². The van der Waals surface area contributed by atoms with E-state index in [1.54, 1.807) is 0 Å². The Labute approximate surface area is 195 Å². The van der Waals surface area contributed by atoms with Crippen LogP contribution in [0.25, 0.3) is 11.2 Å². The van der Waals surface area contributed by atoms with E-state index in [0.29, 0.717) is 0 Å². The first-order valence-corrected chi connectivity index (χ1v) is 14.1. The van der Waals surface area contributed by atoms with Crippen molar-refractivity contribution in [3.8, 4) is 0 Å². The van der Waals surface area contributed by atoms with Crippen LogP contribution in [0.4, 0.5) is 5.95 Å². The number of ether oxygens (including phenoxy) is 2. The van der Waals surface area contributed by atoms with E-state index >= 15 is 0 Å². The fraction of sp³-hybridized carbons (Fsp3) is 0.722. The van der Waals surface area contributed by atoms with Crippen LogP contribution in [-0.2, 0) is 23.1 Å². The zero-order valence-corrected chi connectivity index (χ0v) is 21.5. The highest BCUT2D eigenvalue weighted by atomic mass is 31.2. The van der Waals surface area contributed by atoms with E-state index in [9.17, 15) is 28.8 Å². The van der Waals surface area contributed by atoms with Gasteiger partial charge in [-0.3, -0.25) is 23.5 Å². The number of H-pyrrole nitrogens is 1. The number of nitrogens with zero attached hydrogens (tertiary/aromatic N) is 3. The molecule has 1 saturated heterocycles. The van der Waals surface area contributed by atoms with E-state index in [0.717, 1.165) is 6.66 Å². The molecule has 3 heterocycles. The predicted molar refractivity (Wildman–Crippen MR) is 123 cm³/mol. The zero-order valence-electron chi connectivity index (χ0n) is 19.7. The van der Waals surface area contributed by atoms with Crippen molar-refractivity contribution in [3.63, 3.8) is 0 Å². The first-order valence-electron chi connectivity index (χ1n) is 10.4. The Hall–Kier alpha value is -1.63. The Morgan fingerprint density at radius 1 is 1.26 bits per heavy atom. The van der Waals surface area contributed by atoms with Gasteiger partial charge in [-0.2, -0.15) is 4.98 Å². The van der Waals surface area contributed by atoms with Crippen molar-refractivity contribution in [2.45, 2.75) is 69.7 Å². The smallest absolute Gasteiger partial charge is 0.333 e. The lowest BCUT2D eigenvalue weighted by molar-refractivity contribution is -0.0960. The van der Waals surface area contributed by atoms with E-state index in [1.807, 2.05) is 0 Å². The minimum atomic E-state index is -4.11. The molecule has 16 heteroatoms. The molecule has 0 bridgehead atoms. The first-order chi connectivity index (χ1) is 15.4. The number of aliphatic hydroxyl groups excluding tert-OH is 1. The monoisotopic (exact) mass is 523 g/mol. The largest absolute Gasteiger partial charge is 0.386 e. The first kappa shape index (κ1) is 27.0. The average molecular weight is 523 g/mol. The van der Waals surface area contributed by atoms with Gasteiger partial charge >= 0.3 is 7.60 Å². The summed E-state index contributed by atoms with van der Waals surface area (Å²) >= 11 is 0. The Morgan fingerprint density at radius 3 is 2.44 bits per heavy atom. The third-order valence-corrected chi connectivity index (χ3v) is 10.0. The van der Waals surface area contributed by atoms with Crippen molar-refractivity contribution < 1.29 is 38.0 Å². The molecule has 1 aliphatic rings. The third kappa shape index (κ3) is 5.00. The van der Waals surface area contributed by atoms with Crippen molar-refractivity contribution in [1.82, 2.24) is 19.5 Å². The lowest BCUT2D eigenvalue weighted by atomic mass is 10.1. The summed E-state index contributed by atoms with van der Waals surface area (Å²) in [5.41, 5.74) is 5.01. The van der Waals surface area contributed by atoms with Crippen molar-refractivity contribution in [2.24, 2.45) is 0 Å². The number of imidazole rings is 1. The minimum Gasteiger partial charge on any atom is -0.386 e. The number of rotatable bonds is 7.